The second-order valence-electron chi connectivity index (χ2n) is 4.69. The summed E-state index contributed by atoms with van der Waals surface area (Å²) in [5.74, 6) is -0.986. The highest BCUT2D eigenvalue weighted by atomic mass is 79.9. The van der Waals surface area contributed by atoms with Crippen molar-refractivity contribution in [2.45, 2.75) is 25.7 Å². The quantitative estimate of drug-likeness (QED) is 0.841. The Morgan fingerprint density at radius 3 is 2.89 bits per heavy atom. The lowest BCUT2D eigenvalue weighted by Gasteiger charge is -2.18. The van der Waals surface area contributed by atoms with Crippen LogP contribution in [0.25, 0.3) is 0 Å². The van der Waals surface area contributed by atoms with Gasteiger partial charge >= 0.3 is 0 Å². The van der Waals surface area contributed by atoms with Crippen molar-refractivity contribution in [2.24, 2.45) is 0 Å². The van der Waals surface area contributed by atoms with Crippen LogP contribution in [-0.2, 0) is 9.47 Å². The molecule has 0 aliphatic carbocycles. The predicted octanol–water partition coefficient (Wildman–Crippen LogP) is 2.73. The van der Waals surface area contributed by atoms with Gasteiger partial charge in [0.2, 0.25) is 0 Å². The Hall–Kier alpha value is -0.850. The van der Waals surface area contributed by atoms with E-state index in [0.717, 1.165) is 4.47 Å². The van der Waals surface area contributed by atoms with E-state index in [4.69, 9.17) is 15.2 Å². The van der Waals surface area contributed by atoms with E-state index in [0.29, 0.717) is 18.8 Å². The van der Waals surface area contributed by atoms with Crippen molar-refractivity contribution in [1.29, 1.82) is 0 Å². The van der Waals surface area contributed by atoms with E-state index in [-0.39, 0.29) is 11.8 Å². The SMILES string of the molecule is CC1(C)OC[C@@H](CNc2cc(F)c(N)cc2Br)O1. The molecule has 4 nitrogen and oxygen atoms in total. The maximum atomic E-state index is 13.3. The van der Waals surface area contributed by atoms with E-state index < -0.39 is 11.6 Å². The van der Waals surface area contributed by atoms with Crippen LogP contribution in [0.4, 0.5) is 15.8 Å². The molecular formula is C12H16BrFN2O2. The summed E-state index contributed by atoms with van der Waals surface area (Å²) in [6, 6.07) is 2.90. The first-order chi connectivity index (χ1) is 8.37. The molecule has 0 saturated carbocycles. The molecule has 1 aliphatic rings. The minimum Gasteiger partial charge on any atom is -0.396 e. The Morgan fingerprint density at radius 2 is 2.28 bits per heavy atom. The normalized spacial score (nSPS) is 22.1. The van der Waals surface area contributed by atoms with Crippen LogP contribution in [0, 0.1) is 5.82 Å². The molecule has 0 radical (unpaired) electrons. The van der Waals surface area contributed by atoms with Crippen LogP contribution in [0.3, 0.4) is 0 Å². The van der Waals surface area contributed by atoms with Crippen molar-refractivity contribution in [1.82, 2.24) is 0 Å². The number of benzene rings is 1. The molecule has 1 aromatic rings. The third-order valence-corrected chi connectivity index (χ3v) is 3.33. The molecule has 0 spiro atoms. The van der Waals surface area contributed by atoms with Crippen LogP contribution in [0.15, 0.2) is 16.6 Å². The molecule has 1 atom stereocenters. The van der Waals surface area contributed by atoms with Gasteiger partial charge in [0, 0.05) is 17.1 Å². The Balaban J connectivity index is 1.97. The van der Waals surface area contributed by atoms with Crippen LogP contribution in [0.1, 0.15) is 13.8 Å². The molecule has 1 saturated heterocycles. The van der Waals surface area contributed by atoms with Crippen molar-refractivity contribution in [3.63, 3.8) is 0 Å². The van der Waals surface area contributed by atoms with Gasteiger partial charge in [0.1, 0.15) is 11.9 Å². The van der Waals surface area contributed by atoms with Gasteiger partial charge in [-0.2, -0.15) is 0 Å². The summed E-state index contributed by atoms with van der Waals surface area (Å²) in [5.41, 5.74) is 6.23. The zero-order valence-electron chi connectivity index (χ0n) is 10.3. The van der Waals surface area contributed by atoms with Crippen molar-refractivity contribution in [3.8, 4) is 0 Å². The lowest BCUT2D eigenvalue weighted by molar-refractivity contribution is -0.136. The van der Waals surface area contributed by atoms with Gasteiger partial charge < -0.3 is 20.5 Å². The zero-order chi connectivity index (χ0) is 13.3. The fraction of sp³-hybridized carbons (Fsp3) is 0.500. The number of hydrogen-bond acceptors (Lipinski definition) is 4. The van der Waals surface area contributed by atoms with Gasteiger partial charge in [-0.3, -0.25) is 0 Å². The van der Waals surface area contributed by atoms with Gasteiger partial charge in [-0.15, -0.1) is 0 Å². The van der Waals surface area contributed by atoms with E-state index in [1.807, 2.05) is 13.8 Å². The van der Waals surface area contributed by atoms with Gasteiger partial charge in [0.15, 0.2) is 5.79 Å². The number of nitrogens with two attached hydrogens (primary N) is 1. The second-order valence-corrected chi connectivity index (χ2v) is 5.54. The van der Waals surface area contributed by atoms with Crippen LogP contribution in [0.2, 0.25) is 0 Å². The topological polar surface area (TPSA) is 56.5 Å². The smallest absolute Gasteiger partial charge is 0.163 e. The average molecular weight is 319 g/mol. The maximum absolute atomic E-state index is 13.3. The molecule has 0 unspecified atom stereocenters. The minimum atomic E-state index is -0.546. The predicted molar refractivity (Wildman–Crippen MR) is 71.9 cm³/mol. The molecule has 0 aromatic heterocycles. The van der Waals surface area contributed by atoms with Crippen LogP contribution < -0.4 is 11.1 Å². The van der Waals surface area contributed by atoms with Crippen molar-refractivity contribution >= 4 is 27.3 Å². The molecule has 6 heteroatoms. The Morgan fingerprint density at radius 1 is 1.56 bits per heavy atom. The number of hydrogen-bond donors (Lipinski definition) is 2. The Kier molecular flexibility index (Phi) is 3.79. The highest BCUT2D eigenvalue weighted by molar-refractivity contribution is 9.10. The molecule has 0 bridgehead atoms. The third kappa shape index (κ3) is 3.13. The lowest BCUT2D eigenvalue weighted by atomic mass is 10.2. The van der Waals surface area contributed by atoms with Crippen molar-refractivity contribution in [3.05, 3.63) is 22.4 Å². The summed E-state index contributed by atoms with van der Waals surface area (Å²) in [6.45, 7) is 4.80. The molecule has 0 amide bonds. The molecule has 1 heterocycles. The Bertz CT molecular complexity index is 454. The first kappa shape index (κ1) is 13.6. The number of rotatable bonds is 3. The fourth-order valence-electron chi connectivity index (χ4n) is 1.79. The van der Waals surface area contributed by atoms with E-state index in [1.54, 1.807) is 0 Å². The first-order valence-electron chi connectivity index (χ1n) is 5.67. The number of halogens is 2. The second kappa shape index (κ2) is 5.03. The lowest BCUT2D eigenvalue weighted by Crippen LogP contribution is -2.26. The van der Waals surface area contributed by atoms with Crippen LogP contribution >= 0.6 is 15.9 Å². The summed E-state index contributed by atoms with van der Waals surface area (Å²) in [6.07, 6.45) is -0.0486. The van der Waals surface area contributed by atoms with E-state index in [9.17, 15) is 4.39 Å². The molecule has 2 rings (SSSR count). The van der Waals surface area contributed by atoms with Crippen molar-refractivity contribution in [2.75, 3.05) is 24.2 Å². The first-order valence-corrected chi connectivity index (χ1v) is 6.47. The number of anilines is 2. The summed E-state index contributed by atoms with van der Waals surface area (Å²) in [4.78, 5) is 0. The summed E-state index contributed by atoms with van der Waals surface area (Å²) < 4.78 is 25.2. The largest absolute Gasteiger partial charge is 0.396 e. The number of ether oxygens (including phenoxy) is 2. The third-order valence-electron chi connectivity index (χ3n) is 2.67. The van der Waals surface area contributed by atoms with Crippen LogP contribution in [-0.4, -0.2) is 25.0 Å². The number of nitrogens with one attached hydrogen (secondary N) is 1. The Labute approximate surface area is 114 Å². The fourth-order valence-corrected chi connectivity index (χ4v) is 2.29. The molecule has 100 valence electrons. The highest BCUT2D eigenvalue weighted by Gasteiger charge is 2.32. The molecule has 1 fully saturated rings. The highest BCUT2D eigenvalue weighted by Crippen LogP contribution is 2.28. The van der Waals surface area contributed by atoms with E-state index in [2.05, 4.69) is 21.2 Å². The maximum Gasteiger partial charge on any atom is 0.163 e. The molecule has 18 heavy (non-hydrogen) atoms. The van der Waals surface area contributed by atoms with Gasteiger partial charge in [0.05, 0.1) is 18.0 Å². The zero-order valence-corrected chi connectivity index (χ0v) is 11.9. The van der Waals surface area contributed by atoms with Gasteiger partial charge in [0.25, 0.3) is 0 Å². The average Bonchev–Trinajstić information content (AvgIpc) is 2.62. The molecule has 3 N–H and O–H groups in total. The van der Waals surface area contributed by atoms with E-state index >= 15 is 0 Å². The molecule has 1 aliphatic heterocycles. The van der Waals surface area contributed by atoms with Crippen LogP contribution in [0.5, 0.6) is 0 Å². The van der Waals surface area contributed by atoms with Crippen molar-refractivity contribution < 1.29 is 13.9 Å². The summed E-state index contributed by atoms with van der Waals surface area (Å²) in [5, 5.41) is 3.11. The van der Waals surface area contributed by atoms with Gasteiger partial charge in [-0.05, 0) is 35.8 Å². The van der Waals surface area contributed by atoms with E-state index in [1.165, 1.54) is 12.1 Å². The van der Waals surface area contributed by atoms with Gasteiger partial charge in [-0.1, -0.05) is 0 Å². The molecular weight excluding hydrogens is 303 g/mol. The standard InChI is InChI=1S/C12H16BrFN2O2/c1-12(2)17-6-7(18-12)5-16-11-4-9(14)10(15)3-8(11)13/h3-4,7,16H,5-6,15H2,1-2H3/t7-/m1/s1. The molecule has 1 aromatic carbocycles. The van der Waals surface area contributed by atoms with Gasteiger partial charge in [-0.25, -0.2) is 4.39 Å². The monoisotopic (exact) mass is 318 g/mol. The minimum absolute atomic E-state index is 0.0486. The summed E-state index contributed by atoms with van der Waals surface area (Å²) in [7, 11) is 0. The number of nitrogen functional groups attached to an aromatic ring is 1. The summed E-state index contributed by atoms with van der Waals surface area (Å²) >= 11 is 3.33.